The fourth-order valence-electron chi connectivity index (χ4n) is 2.48. The largest absolute Gasteiger partial charge is 0.494 e. The molecule has 0 amide bonds. The van der Waals surface area contributed by atoms with Crippen molar-refractivity contribution in [3.63, 3.8) is 0 Å². The molecule has 0 unspecified atom stereocenters. The summed E-state index contributed by atoms with van der Waals surface area (Å²) in [5, 5.41) is 17.6. The minimum atomic E-state index is 0.248. The minimum absolute atomic E-state index is 0.248. The number of aliphatic hydroxyl groups is 1. The van der Waals surface area contributed by atoms with Crippen LogP contribution < -0.4 is 4.74 Å². The molecular formula is C16H23N3O2. The number of hydrogen-bond donors (Lipinski definition) is 1. The summed E-state index contributed by atoms with van der Waals surface area (Å²) in [6, 6.07) is 9.32. The molecule has 5 heteroatoms. The van der Waals surface area contributed by atoms with Crippen LogP contribution in [0.15, 0.2) is 24.3 Å². The zero-order valence-electron chi connectivity index (χ0n) is 12.4. The van der Waals surface area contributed by atoms with E-state index in [2.05, 4.69) is 15.9 Å². The van der Waals surface area contributed by atoms with Crippen molar-refractivity contribution >= 4 is 0 Å². The lowest BCUT2D eigenvalue weighted by Gasteiger charge is -2.34. The van der Waals surface area contributed by atoms with Crippen LogP contribution in [0, 0.1) is 11.3 Å². The van der Waals surface area contributed by atoms with E-state index in [1.54, 1.807) is 12.1 Å². The Balaban J connectivity index is 1.59. The normalized spacial score (nSPS) is 16.6. The number of benzene rings is 1. The average Bonchev–Trinajstić information content (AvgIpc) is 2.54. The van der Waals surface area contributed by atoms with E-state index < -0.39 is 0 Å². The van der Waals surface area contributed by atoms with Gasteiger partial charge in [-0.3, -0.25) is 4.90 Å². The van der Waals surface area contributed by atoms with E-state index in [1.165, 1.54) is 0 Å². The van der Waals surface area contributed by atoms with Crippen LogP contribution in [-0.2, 0) is 0 Å². The maximum Gasteiger partial charge on any atom is 0.119 e. The highest BCUT2D eigenvalue weighted by Gasteiger charge is 2.15. The Morgan fingerprint density at radius 3 is 2.24 bits per heavy atom. The van der Waals surface area contributed by atoms with Crippen LogP contribution in [0.3, 0.4) is 0 Å². The Labute approximate surface area is 126 Å². The molecule has 0 spiro atoms. The lowest BCUT2D eigenvalue weighted by molar-refractivity contribution is 0.108. The van der Waals surface area contributed by atoms with E-state index >= 15 is 0 Å². The minimum Gasteiger partial charge on any atom is -0.494 e. The number of hydrogen-bond acceptors (Lipinski definition) is 5. The molecule has 1 fully saturated rings. The van der Waals surface area contributed by atoms with Gasteiger partial charge in [-0.2, -0.15) is 5.26 Å². The molecule has 0 bridgehead atoms. The summed E-state index contributed by atoms with van der Waals surface area (Å²) < 4.78 is 5.68. The summed E-state index contributed by atoms with van der Waals surface area (Å²) in [5.74, 6) is 0.821. The lowest BCUT2D eigenvalue weighted by atomic mass is 10.2. The maximum atomic E-state index is 8.91. The van der Waals surface area contributed by atoms with Gasteiger partial charge in [0.25, 0.3) is 0 Å². The van der Waals surface area contributed by atoms with E-state index in [1.807, 2.05) is 12.1 Å². The molecule has 1 aliphatic heterocycles. The summed E-state index contributed by atoms with van der Waals surface area (Å²) in [6.45, 7) is 6.99. The van der Waals surface area contributed by atoms with Crippen molar-refractivity contribution < 1.29 is 9.84 Å². The number of aliphatic hydroxyl groups excluding tert-OH is 1. The third kappa shape index (κ3) is 5.35. The molecule has 1 aliphatic rings. The molecular weight excluding hydrogens is 266 g/mol. The summed E-state index contributed by atoms with van der Waals surface area (Å²) in [6.07, 6.45) is 1.00. The van der Waals surface area contributed by atoms with Crippen molar-refractivity contribution in [3.05, 3.63) is 29.8 Å². The Bertz CT molecular complexity index is 448. The first-order valence-corrected chi connectivity index (χ1v) is 7.50. The van der Waals surface area contributed by atoms with Crippen molar-refractivity contribution in [2.45, 2.75) is 6.42 Å². The van der Waals surface area contributed by atoms with Gasteiger partial charge < -0.3 is 14.7 Å². The summed E-state index contributed by atoms with van der Waals surface area (Å²) >= 11 is 0. The predicted molar refractivity (Wildman–Crippen MR) is 81.2 cm³/mol. The fourth-order valence-corrected chi connectivity index (χ4v) is 2.48. The average molecular weight is 289 g/mol. The summed E-state index contributed by atoms with van der Waals surface area (Å²) in [7, 11) is 0. The van der Waals surface area contributed by atoms with Crippen LogP contribution in [0.4, 0.5) is 0 Å². The lowest BCUT2D eigenvalue weighted by Crippen LogP contribution is -2.47. The standard InChI is InChI=1S/C16H23N3O2/c17-14-15-2-4-16(5-3-15)21-13-1-6-18-7-9-19(10-8-18)11-12-20/h2-5,20H,1,6-13H2. The van der Waals surface area contributed by atoms with Crippen molar-refractivity contribution in [1.82, 2.24) is 9.80 Å². The molecule has 1 saturated heterocycles. The number of ether oxygens (including phenoxy) is 1. The molecule has 1 heterocycles. The third-order valence-electron chi connectivity index (χ3n) is 3.75. The molecule has 0 aliphatic carbocycles. The SMILES string of the molecule is N#Cc1ccc(OCCCN2CCN(CCO)CC2)cc1. The van der Waals surface area contributed by atoms with Crippen LogP contribution in [0.2, 0.25) is 0 Å². The Morgan fingerprint density at radius 1 is 1.05 bits per heavy atom. The molecule has 0 radical (unpaired) electrons. The number of nitrogens with zero attached hydrogens (tertiary/aromatic N) is 3. The molecule has 114 valence electrons. The number of nitriles is 1. The Kier molecular flexibility index (Phi) is 6.48. The third-order valence-corrected chi connectivity index (χ3v) is 3.75. The highest BCUT2D eigenvalue weighted by Crippen LogP contribution is 2.12. The molecule has 0 aromatic heterocycles. The van der Waals surface area contributed by atoms with Gasteiger partial charge in [0.15, 0.2) is 0 Å². The zero-order chi connectivity index (χ0) is 14.9. The van der Waals surface area contributed by atoms with Crippen LogP contribution >= 0.6 is 0 Å². The quantitative estimate of drug-likeness (QED) is 0.757. The second-order valence-corrected chi connectivity index (χ2v) is 5.25. The van der Waals surface area contributed by atoms with Crippen molar-refractivity contribution in [1.29, 1.82) is 5.26 Å². The van der Waals surface area contributed by atoms with E-state index in [0.717, 1.165) is 51.4 Å². The van der Waals surface area contributed by atoms with Gasteiger partial charge in [0.1, 0.15) is 5.75 Å². The molecule has 21 heavy (non-hydrogen) atoms. The molecule has 1 N–H and O–H groups in total. The Hall–Kier alpha value is -1.61. The van der Waals surface area contributed by atoms with Gasteiger partial charge in [0, 0.05) is 39.3 Å². The monoisotopic (exact) mass is 289 g/mol. The van der Waals surface area contributed by atoms with E-state index in [9.17, 15) is 0 Å². The molecule has 1 aromatic rings. The van der Waals surface area contributed by atoms with Gasteiger partial charge in [-0.25, -0.2) is 0 Å². The van der Waals surface area contributed by atoms with Gasteiger partial charge in [-0.15, -0.1) is 0 Å². The van der Waals surface area contributed by atoms with E-state index in [-0.39, 0.29) is 6.61 Å². The van der Waals surface area contributed by atoms with E-state index in [0.29, 0.717) is 12.2 Å². The van der Waals surface area contributed by atoms with Crippen molar-refractivity contribution in [3.8, 4) is 11.8 Å². The topological polar surface area (TPSA) is 59.7 Å². The molecule has 5 nitrogen and oxygen atoms in total. The molecule has 1 aromatic carbocycles. The van der Waals surface area contributed by atoms with Crippen molar-refractivity contribution in [2.75, 3.05) is 52.5 Å². The van der Waals surface area contributed by atoms with Gasteiger partial charge in [0.2, 0.25) is 0 Å². The van der Waals surface area contributed by atoms with Crippen LogP contribution in [0.1, 0.15) is 12.0 Å². The second-order valence-electron chi connectivity index (χ2n) is 5.25. The first-order chi connectivity index (χ1) is 10.3. The summed E-state index contributed by atoms with van der Waals surface area (Å²) in [5.41, 5.74) is 0.656. The predicted octanol–water partition coefficient (Wildman–Crippen LogP) is 0.937. The molecule has 2 rings (SSSR count). The van der Waals surface area contributed by atoms with Gasteiger partial charge in [-0.05, 0) is 30.7 Å². The first kappa shape index (κ1) is 15.8. The number of β-amino-alcohol motifs (C(OH)–C–C–N with tert-alkyl or cyclic N) is 1. The smallest absolute Gasteiger partial charge is 0.119 e. The first-order valence-electron chi connectivity index (χ1n) is 7.50. The Morgan fingerprint density at radius 2 is 1.67 bits per heavy atom. The molecule has 0 saturated carbocycles. The van der Waals surface area contributed by atoms with Gasteiger partial charge in [0.05, 0.1) is 24.8 Å². The maximum absolute atomic E-state index is 8.91. The van der Waals surface area contributed by atoms with E-state index in [4.69, 9.17) is 15.1 Å². The van der Waals surface area contributed by atoms with Crippen LogP contribution in [0.5, 0.6) is 5.75 Å². The second kappa shape index (κ2) is 8.63. The van der Waals surface area contributed by atoms with Crippen molar-refractivity contribution in [2.24, 2.45) is 0 Å². The highest BCUT2D eigenvalue weighted by molar-refractivity contribution is 5.34. The number of rotatable bonds is 7. The van der Waals surface area contributed by atoms with Crippen LogP contribution in [0.25, 0.3) is 0 Å². The zero-order valence-corrected chi connectivity index (χ0v) is 12.4. The fraction of sp³-hybridized carbons (Fsp3) is 0.562. The van der Waals surface area contributed by atoms with Gasteiger partial charge in [-0.1, -0.05) is 0 Å². The van der Waals surface area contributed by atoms with Crippen LogP contribution in [-0.4, -0.2) is 67.4 Å². The highest BCUT2D eigenvalue weighted by atomic mass is 16.5. The number of piperazine rings is 1. The molecule has 0 atom stereocenters. The summed E-state index contributed by atoms with van der Waals surface area (Å²) in [4.78, 5) is 4.74. The van der Waals surface area contributed by atoms with Gasteiger partial charge >= 0.3 is 0 Å².